The molecule has 1 aromatic rings. The van der Waals surface area contributed by atoms with Crippen molar-refractivity contribution in [2.75, 3.05) is 25.4 Å². The van der Waals surface area contributed by atoms with Crippen LogP contribution >= 0.6 is 0 Å². The topological polar surface area (TPSA) is 92.6 Å². The van der Waals surface area contributed by atoms with Gasteiger partial charge in [0.05, 0.1) is 4.92 Å². The number of benzene rings is 1. The number of nitrogens with zero attached hydrogens (tertiary/aromatic N) is 2. The van der Waals surface area contributed by atoms with Gasteiger partial charge in [0.25, 0.3) is 5.69 Å². The molecule has 2 rings (SSSR count). The number of nitro groups is 1. The van der Waals surface area contributed by atoms with Crippen molar-refractivity contribution in [3.63, 3.8) is 0 Å². The lowest BCUT2D eigenvalue weighted by molar-refractivity contribution is -0.384. The van der Waals surface area contributed by atoms with Crippen LogP contribution in [0.25, 0.3) is 0 Å². The Labute approximate surface area is 105 Å². The summed E-state index contributed by atoms with van der Waals surface area (Å²) in [5.74, 6) is 0.328. The van der Waals surface area contributed by atoms with E-state index in [0.29, 0.717) is 12.5 Å². The van der Waals surface area contributed by atoms with Gasteiger partial charge < -0.3 is 10.8 Å². The maximum Gasteiger partial charge on any atom is 0.292 e. The molecular formula is C12H17N3O3. The maximum atomic E-state index is 10.8. The lowest BCUT2D eigenvalue weighted by Gasteiger charge is -2.15. The smallest absolute Gasteiger partial charge is 0.292 e. The summed E-state index contributed by atoms with van der Waals surface area (Å²) < 4.78 is 0. The van der Waals surface area contributed by atoms with Crippen LogP contribution in [0.1, 0.15) is 12.0 Å². The van der Waals surface area contributed by atoms with Gasteiger partial charge in [-0.15, -0.1) is 0 Å². The first-order chi connectivity index (χ1) is 8.60. The second-order valence-electron chi connectivity index (χ2n) is 4.72. The minimum Gasteiger partial charge on any atom is -0.396 e. The molecule has 1 aliphatic rings. The van der Waals surface area contributed by atoms with Crippen LogP contribution in [0.2, 0.25) is 0 Å². The minimum atomic E-state index is -0.459. The van der Waals surface area contributed by atoms with Crippen molar-refractivity contribution >= 4 is 11.4 Å². The van der Waals surface area contributed by atoms with Crippen LogP contribution in [-0.4, -0.2) is 34.6 Å². The Hall–Kier alpha value is -1.66. The van der Waals surface area contributed by atoms with Gasteiger partial charge in [-0.05, 0) is 30.5 Å². The third-order valence-corrected chi connectivity index (χ3v) is 3.33. The highest BCUT2D eigenvalue weighted by molar-refractivity contribution is 5.59. The molecule has 0 aromatic heterocycles. The Morgan fingerprint density at radius 1 is 1.56 bits per heavy atom. The predicted octanol–water partition coefficient (Wildman–Crippen LogP) is 0.991. The van der Waals surface area contributed by atoms with Crippen molar-refractivity contribution in [1.82, 2.24) is 4.90 Å². The number of aliphatic hydroxyl groups is 1. The average molecular weight is 251 g/mol. The molecule has 1 atom stereocenters. The van der Waals surface area contributed by atoms with E-state index in [-0.39, 0.29) is 18.0 Å². The van der Waals surface area contributed by atoms with Gasteiger partial charge in [0.1, 0.15) is 5.69 Å². The quantitative estimate of drug-likeness (QED) is 0.473. The molecular weight excluding hydrogens is 234 g/mol. The highest BCUT2D eigenvalue weighted by Gasteiger charge is 2.22. The number of nitrogen functional groups attached to an aromatic ring is 1. The summed E-state index contributed by atoms with van der Waals surface area (Å²) in [6.07, 6.45) is 0.980. The number of rotatable bonds is 4. The Balaban J connectivity index is 2.06. The molecule has 0 saturated carbocycles. The molecule has 1 fully saturated rings. The van der Waals surface area contributed by atoms with E-state index in [1.807, 2.05) is 6.07 Å². The lowest BCUT2D eigenvalue weighted by atomic mass is 10.1. The third-order valence-electron chi connectivity index (χ3n) is 3.33. The van der Waals surface area contributed by atoms with Gasteiger partial charge in [0.2, 0.25) is 0 Å². The predicted molar refractivity (Wildman–Crippen MR) is 68.0 cm³/mol. The standard InChI is InChI=1S/C12H17N3O3/c13-11-2-1-9(5-12(11)15(17)18)6-14-4-3-10(7-14)8-16/h1-2,5,10,16H,3-4,6-8,13H2. The fourth-order valence-corrected chi connectivity index (χ4v) is 2.31. The summed E-state index contributed by atoms with van der Waals surface area (Å²) in [6, 6.07) is 4.92. The van der Waals surface area contributed by atoms with E-state index in [2.05, 4.69) is 4.90 Å². The Morgan fingerprint density at radius 2 is 2.33 bits per heavy atom. The first-order valence-electron chi connectivity index (χ1n) is 5.96. The van der Waals surface area contributed by atoms with E-state index in [9.17, 15) is 10.1 Å². The van der Waals surface area contributed by atoms with Crippen molar-refractivity contribution in [2.24, 2.45) is 5.92 Å². The summed E-state index contributed by atoms with van der Waals surface area (Å²) >= 11 is 0. The zero-order chi connectivity index (χ0) is 13.1. The van der Waals surface area contributed by atoms with Crippen LogP contribution in [0, 0.1) is 16.0 Å². The van der Waals surface area contributed by atoms with Crippen LogP contribution in [0.3, 0.4) is 0 Å². The summed E-state index contributed by atoms with van der Waals surface area (Å²) in [7, 11) is 0. The van der Waals surface area contributed by atoms with Gasteiger partial charge in [-0.25, -0.2) is 0 Å². The van der Waals surface area contributed by atoms with Crippen LogP contribution in [-0.2, 0) is 6.54 Å². The van der Waals surface area contributed by atoms with Crippen LogP contribution < -0.4 is 5.73 Å². The largest absolute Gasteiger partial charge is 0.396 e. The van der Waals surface area contributed by atoms with Crippen molar-refractivity contribution in [3.05, 3.63) is 33.9 Å². The molecule has 0 amide bonds. The van der Waals surface area contributed by atoms with Crippen molar-refractivity contribution in [3.8, 4) is 0 Å². The zero-order valence-electron chi connectivity index (χ0n) is 10.1. The van der Waals surface area contributed by atoms with Gasteiger partial charge in [-0.3, -0.25) is 15.0 Å². The molecule has 1 unspecified atom stereocenters. The van der Waals surface area contributed by atoms with Crippen LogP contribution in [0.4, 0.5) is 11.4 Å². The molecule has 98 valence electrons. The van der Waals surface area contributed by atoms with Gasteiger partial charge in [0, 0.05) is 25.8 Å². The average Bonchev–Trinajstić information content (AvgIpc) is 2.79. The molecule has 0 spiro atoms. The number of nitro benzene ring substituents is 1. The molecule has 1 aromatic carbocycles. The lowest BCUT2D eigenvalue weighted by Crippen LogP contribution is -2.21. The van der Waals surface area contributed by atoms with E-state index in [0.717, 1.165) is 25.1 Å². The van der Waals surface area contributed by atoms with Crippen LogP contribution in [0.5, 0.6) is 0 Å². The molecule has 1 saturated heterocycles. The molecule has 1 heterocycles. The second kappa shape index (κ2) is 5.32. The maximum absolute atomic E-state index is 10.8. The SMILES string of the molecule is Nc1ccc(CN2CCC(CO)C2)cc1[N+](=O)[O-]. The number of hydrogen-bond donors (Lipinski definition) is 2. The first kappa shape index (κ1) is 12.8. The van der Waals surface area contributed by atoms with E-state index in [1.54, 1.807) is 6.07 Å². The number of hydrogen-bond acceptors (Lipinski definition) is 5. The molecule has 6 heteroatoms. The summed E-state index contributed by atoms with van der Waals surface area (Å²) in [5, 5.41) is 19.9. The van der Waals surface area contributed by atoms with Crippen molar-refractivity contribution in [2.45, 2.75) is 13.0 Å². The molecule has 0 bridgehead atoms. The summed E-state index contributed by atoms with van der Waals surface area (Å²) in [6.45, 7) is 2.63. The fraction of sp³-hybridized carbons (Fsp3) is 0.500. The fourth-order valence-electron chi connectivity index (χ4n) is 2.31. The van der Waals surface area contributed by atoms with Gasteiger partial charge in [0.15, 0.2) is 0 Å². The number of nitrogens with two attached hydrogens (primary N) is 1. The summed E-state index contributed by atoms with van der Waals surface area (Å²) in [4.78, 5) is 12.5. The number of likely N-dealkylation sites (tertiary alicyclic amines) is 1. The molecule has 18 heavy (non-hydrogen) atoms. The first-order valence-corrected chi connectivity index (χ1v) is 5.96. The van der Waals surface area contributed by atoms with E-state index >= 15 is 0 Å². The van der Waals surface area contributed by atoms with Crippen molar-refractivity contribution < 1.29 is 10.0 Å². The van der Waals surface area contributed by atoms with Crippen molar-refractivity contribution in [1.29, 1.82) is 0 Å². The van der Waals surface area contributed by atoms with E-state index in [4.69, 9.17) is 10.8 Å². The van der Waals surface area contributed by atoms with Gasteiger partial charge >= 0.3 is 0 Å². The van der Waals surface area contributed by atoms with E-state index < -0.39 is 4.92 Å². The highest BCUT2D eigenvalue weighted by atomic mass is 16.6. The summed E-state index contributed by atoms with van der Waals surface area (Å²) in [5.41, 5.74) is 6.59. The molecule has 6 nitrogen and oxygen atoms in total. The normalized spacial score (nSPS) is 20.2. The van der Waals surface area contributed by atoms with Gasteiger partial charge in [-0.2, -0.15) is 0 Å². The Kier molecular flexibility index (Phi) is 3.78. The zero-order valence-corrected chi connectivity index (χ0v) is 10.1. The molecule has 3 N–H and O–H groups in total. The second-order valence-corrected chi connectivity index (χ2v) is 4.72. The number of aliphatic hydroxyl groups excluding tert-OH is 1. The number of anilines is 1. The van der Waals surface area contributed by atoms with E-state index in [1.165, 1.54) is 6.07 Å². The van der Waals surface area contributed by atoms with Crippen LogP contribution in [0.15, 0.2) is 18.2 Å². The Bertz CT molecular complexity index is 450. The highest BCUT2D eigenvalue weighted by Crippen LogP contribution is 2.24. The Morgan fingerprint density at radius 3 is 2.94 bits per heavy atom. The molecule has 0 aliphatic carbocycles. The van der Waals surface area contributed by atoms with Gasteiger partial charge in [-0.1, -0.05) is 6.07 Å². The third kappa shape index (κ3) is 2.77. The molecule has 0 radical (unpaired) electrons. The monoisotopic (exact) mass is 251 g/mol. The minimum absolute atomic E-state index is 0.0367. The molecule has 1 aliphatic heterocycles.